The highest BCUT2D eigenvalue weighted by Gasteiger charge is 2.55. The minimum Gasteiger partial charge on any atom is -0.457 e. The number of hydrogen-bond donors (Lipinski definition) is 0. The van der Waals surface area contributed by atoms with E-state index in [2.05, 4.69) is 0 Å². The molecule has 114 valence electrons. The van der Waals surface area contributed by atoms with Crippen LogP contribution in [0.5, 0.6) is 11.5 Å². The van der Waals surface area contributed by atoms with Crippen LogP contribution in [0.4, 0.5) is 22.0 Å². The fraction of sp³-hybridized carbons (Fsp3) is 0.133. The van der Waals surface area contributed by atoms with Gasteiger partial charge in [0.05, 0.1) is 5.56 Å². The summed E-state index contributed by atoms with van der Waals surface area (Å²) < 4.78 is 70.7. The minimum absolute atomic E-state index is 0.201. The van der Waals surface area contributed by atoms with Crippen molar-refractivity contribution in [1.82, 2.24) is 0 Å². The monoisotopic (exact) mass is 314 g/mol. The maximum Gasteiger partial charge on any atom is 0.339 e. The first-order valence-corrected chi connectivity index (χ1v) is 6.13. The lowest BCUT2D eigenvalue weighted by Crippen LogP contribution is -2.38. The quantitative estimate of drug-likeness (QED) is 0.758. The van der Waals surface area contributed by atoms with Crippen LogP contribution in [-0.4, -0.2) is 5.78 Å². The third-order valence-corrected chi connectivity index (χ3v) is 3.24. The molecule has 0 N–H and O–H groups in total. The van der Waals surface area contributed by atoms with Gasteiger partial charge in [-0.3, -0.25) is 4.79 Å². The van der Waals surface area contributed by atoms with Crippen LogP contribution >= 0.6 is 0 Å². The second kappa shape index (κ2) is 4.79. The summed E-state index contributed by atoms with van der Waals surface area (Å²) in [7, 11) is 0. The number of fused-ring (bicyclic) bond motifs is 1. The van der Waals surface area contributed by atoms with E-state index in [9.17, 15) is 26.7 Å². The van der Waals surface area contributed by atoms with Gasteiger partial charge in [-0.05, 0) is 18.2 Å². The highest BCUT2D eigenvalue weighted by molar-refractivity contribution is 6.12. The number of benzene rings is 2. The number of halogens is 5. The Morgan fingerprint density at radius 1 is 1.09 bits per heavy atom. The van der Waals surface area contributed by atoms with Crippen molar-refractivity contribution < 1.29 is 31.5 Å². The molecule has 0 atom stereocenters. The van der Waals surface area contributed by atoms with Crippen LogP contribution in [0, 0.1) is 5.82 Å². The van der Waals surface area contributed by atoms with Crippen molar-refractivity contribution in [1.29, 1.82) is 0 Å². The van der Waals surface area contributed by atoms with Crippen LogP contribution in [0.15, 0.2) is 36.4 Å². The predicted molar refractivity (Wildman–Crippen MR) is 66.1 cm³/mol. The largest absolute Gasteiger partial charge is 0.457 e. The summed E-state index contributed by atoms with van der Waals surface area (Å²) in [4.78, 5) is 11.2. The van der Waals surface area contributed by atoms with Crippen LogP contribution in [-0.2, 0) is 5.92 Å². The highest BCUT2D eigenvalue weighted by Crippen LogP contribution is 2.49. The number of ketones is 1. The van der Waals surface area contributed by atoms with Gasteiger partial charge in [-0.15, -0.1) is 0 Å². The van der Waals surface area contributed by atoms with Gasteiger partial charge in [-0.1, -0.05) is 12.1 Å². The van der Waals surface area contributed by atoms with Crippen molar-refractivity contribution in [2.24, 2.45) is 0 Å². The van der Waals surface area contributed by atoms with Crippen molar-refractivity contribution in [3.63, 3.8) is 0 Å². The fourth-order valence-electron chi connectivity index (χ4n) is 2.25. The normalized spacial score (nSPS) is 15.5. The number of ether oxygens (including phenoxy) is 1. The predicted octanol–water partition coefficient (Wildman–Crippen LogP) is 4.84. The second-order valence-electron chi connectivity index (χ2n) is 4.71. The molecule has 0 unspecified atom stereocenters. The molecule has 0 saturated heterocycles. The molecule has 1 aliphatic rings. The van der Waals surface area contributed by atoms with Crippen molar-refractivity contribution >= 4 is 5.78 Å². The molecule has 0 heterocycles. The van der Waals surface area contributed by atoms with E-state index in [-0.39, 0.29) is 17.1 Å². The van der Waals surface area contributed by atoms with E-state index in [4.69, 9.17) is 4.74 Å². The molecule has 2 nitrogen and oxygen atoms in total. The van der Waals surface area contributed by atoms with E-state index in [1.54, 1.807) is 0 Å². The number of rotatable bonds is 3. The van der Waals surface area contributed by atoms with Gasteiger partial charge in [-0.2, -0.15) is 8.78 Å². The molecule has 0 aromatic heterocycles. The van der Waals surface area contributed by atoms with Crippen LogP contribution < -0.4 is 4.74 Å². The van der Waals surface area contributed by atoms with Crippen LogP contribution in [0.1, 0.15) is 27.9 Å². The Kier molecular flexibility index (Phi) is 3.16. The van der Waals surface area contributed by atoms with Gasteiger partial charge in [0.2, 0.25) is 5.78 Å². The molecule has 0 radical (unpaired) electrons. The number of carbonyl (C=O) groups is 1. The Balaban J connectivity index is 2.01. The Morgan fingerprint density at radius 2 is 1.82 bits per heavy atom. The van der Waals surface area contributed by atoms with Gasteiger partial charge < -0.3 is 4.74 Å². The molecule has 3 rings (SSSR count). The maximum atomic E-state index is 13.6. The molecule has 0 saturated carbocycles. The lowest BCUT2D eigenvalue weighted by atomic mass is 9.82. The molecular weight excluding hydrogens is 307 g/mol. The molecule has 1 aliphatic carbocycles. The van der Waals surface area contributed by atoms with E-state index in [1.165, 1.54) is 12.1 Å². The molecule has 0 amide bonds. The summed E-state index contributed by atoms with van der Waals surface area (Å²) in [6.45, 7) is 0. The summed E-state index contributed by atoms with van der Waals surface area (Å²) in [5.41, 5.74) is -1.46. The van der Waals surface area contributed by atoms with E-state index in [0.717, 1.165) is 18.2 Å². The minimum atomic E-state index is -3.69. The average molecular weight is 314 g/mol. The van der Waals surface area contributed by atoms with Crippen LogP contribution in [0.2, 0.25) is 0 Å². The van der Waals surface area contributed by atoms with Gasteiger partial charge in [0, 0.05) is 17.2 Å². The number of alkyl halides is 4. The molecule has 0 bridgehead atoms. The Morgan fingerprint density at radius 3 is 2.50 bits per heavy atom. The Bertz CT molecular complexity index is 771. The zero-order chi connectivity index (χ0) is 16.1. The standard InChI is InChI=1S/C15H7F5O2/c16-8-4-7(14(17)18)5-9(6-8)22-11-3-1-2-10-12(11)15(19,20)13(10)21/h1-6,14H. The second-order valence-corrected chi connectivity index (χ2v) is 4.71. The summed E-state index contributed by atoms with van der Waals surface area (Å²) in [5.74, 6) is -6.72. The number of Topliss-reactive ketones (excluding diaryl/α,β-unsaturated/α-hetero) is 1. The topological polar surface area (TPSA) is 26.3 Å². The third kappa shape index (κ3) is 2.13. The third-order valence-electron chi connectivity index (χ3n) is 3.24. The molecule has 7 heteroatoms. The van der Waals surface area contributed by atoms with Crippen LogP contribution in [0.25, 0.3) is 0 Å². The summed E-state index contributed by atoms with van der Waals surface area (Å²) in [6, 6.07) is 5.95. The molecule has 2 aromatic rings. The summed E-state index contributed by atoms with van der Waals surface area (Å²) in [6.07, 6.45) is -2.93. The number of carbonyl (C=O) groups excluding carboxylic acids is 1. The van der Waals surface area contributed by atoms with Crippen molar-refractivity contribution in [3.05, 3.63) is 58.9 Å². The van der Waals surface area contributed by atoms with Gasteiger partial charge in [0.25, 0.3) is 6.43 Å². The van der Waals surface area contributed by atoms with E-state index < -0.39 is 35.1 Å². The first kappa shape index (κ1) is 14.5. The molecule has 2 aromatic carbocycles. The molecule has 0 aliphatic heterocycles. The van der Waals surface area contributed by atoms with Gasteiger partial charge in [0.15, 0.2) is 0 Å². The lowest BCUT2D eigenvalue weighted by Gasteiger charge is -2.29. The average Bonchev–Trinajstić information content (AvgIpc) is 2.45. The van der Waals surface area contributed by atoms with E-state index >= 15 is 0 Å². The first-order valence-electron chi connectivity index (χ1n) is 6.13. The molecule has 0 fully saturated rings. The SMILES string of the molecule is O=C1c2cccc(Oc3cc(F)cc(C(F)F)c3)c2C1(F)F. The molecular formula is C15H7F5O2. The van der Waals surface area contributed by atoms with Crippen molar-refractivity contribution in [3.8, 4) is 11.5 Å². The zero-order valence-corrected chi connectivity index (χ0v) is 10.7. The Hall–Kier alpha value is -2.44. The lowest BCUT2D eigenvalue weighted by molar-refractivity contribution is -0.00782. The molecule has 0 spiro atoms. The van der Waals surface area contributed by atoms with Gasteiger partial charge >= 0.3 is 5.92 Å². The fourth-order valence-corrected chi connectivity index (χ4v) is 2.25. The first-order chi connectivity index (χ1) is 10.3. The maximum absolute atomic E-state index is 13.6. The zero-order valence-electron chi connectivity index (χ0n) is 10.7. The summed E-state index contributed by atoms with van der Waals surface area (Å²) in [5, 5.41) is 0. The smallest absolute Gasteiger partial charge is 0.339 e. The van der Waals surface area contributed by atoms with E-state index in [1.807, 2.05) is 0 Å². The Labute approximate surface area is 121 Å². The van der Waals surface area contributed by atoms with E-state index in [0.29, 0.717) is 6.07 Å². The highest BCUT2D eigenvalue weighted by atomic mass is 19.3. The number of hydrogen-bond acceptors (Lipinski definition) is 2. The van der Waals surface area contributed by atoms with Gasteiger partial charge in [0.1, 0.15) is 17.3 Å². The molecule has 22 heavy (non-hydrogen) atoms. The van der Waals surface area contributed by atoms with Crippen LogP contribution in [0.3, 0.4) is 0 Å². The van der Waals surface area contributed by atoms with Crippen molar-refractivity contribution in [2.75, 3.05) is 0 Å². The summed E-state index contributed by atoms with van der Waals surface area (Å²) >= 11 is 0. The van der Waals surface area contributed by atoms with Gasteiger partial charge in [-0.25, -0.2) is 13.2 Å². The van der Waals surface area contributed by atoms with Crippen molar-refractivity contribution in [2.45, 2.75) is 12.3 Å².